The lowest BCUT2D eigenvalue weighted by atomic mass is 10.2. The minimum atomic E-state index is 0.723. The summed E-state index contributed by atoms with van der Waals surface area (Å²) in [6.07, 6.45) is 5.39. The van der Waals surface area contributed by atoms with Gasteiger partial charge in [-0.1, -0.05) is 0 Å². The standard InChI is InChI=1S/C14H23N3O/c1-17(8-9-18-11-12-2-3-12)7-6-14-5-4-13(15)10-16-14/h4-5,10,12H,2-3,6-9,11,15H2,1H3. The van der Waals surface area contributed by atoms with Crippen LogP contribution in [0.15, 0.2) is 18.3 Å². The highest BCUT2D eigenvalue weighted by atomic mass is 16.5. The molecule has 0 unspecified atom stereocenters. The van der Waals surface area contributed by atoms with Gasteiger partial charge < -0.3 is 15.4 Å². The zero-order valence-corrected chi connectivity index (χ0v) is 11.1. The number of nitrogens with two attached hydrogens (primary N) is 1. The third kappa shape index (κ3) is 5.02. The van der Waals surface area contributed by atoms with E-state index in [2.05, 4.69) is 16.9 Å². The molecule has 1 aromatic rings. The summed E-state index contributed by atoms with van der Waals surface area (Å²) in [5, 5.41) is 0. The van der Waals surface area contributed by atoms with Crippen LogP contribution in [-0.2, 0) is 11.2 Å². The number of rotatable bonds is 8. The number of aromatic nitrogens is 1. The van der Waals surface area contributed by atoms with Crippen LogP contribution in [0.25, 0.3) is 0 Å². The van der Waals surface area contributed by atoms with E-state index in [1.165, 1.54) is 12.8 Å². The average Bonchev–Trinajstić information content (AvgIpc) is 3.18. The molecule has 0 radical (unpaired) electrons. The molecule has 1 aromatic heterocycles. The van der Waals surface area contributed by atoms with Crippen LogP contribution in [0.2, 0.25) is 0 Å². The highest BCUT2D eigenvalue weighted by Gasteiger charge is 2.20. The van der Waals surface area contributed by atoms with E-state index >= 15 is 0 Å². The van der Waals surface area contributed by atoms with Gasteiger partial charge in [-0.3, -0.25) is 4.98 Å². The van der Waals surface area contributed by atoms with Crippen molar-refractivity contribution in [3.63, 3.8) is 0 Å². The van der Waals surface area contributed by atoms with Gasteiger partial charge in [0.15, 0.2) is 0 Å². The number of likely N-dealkylation sites (N-methyl/N-ethyl adjacent to an activating group) is 1. The van der Waals surface area contributed by atoms with Crippen molar-refractivity contribution in [1.82, 2.24) is 9.88 Å². The molecular formula is C14H23N3O. The Balaban J connectivity index is 1.55. The second kappa shape index (κ2) is 6.71. The number of hydrogen-bond donors (Lipinski definition) is 1. The van der Waals surface area contributed by atoms with E-state index in [1.807, 2.05) is 12.1 Å². The molecule has 2 rings (SSSR count). The molecule has 1 aliphatic rings. The Bertz CT molecular complexity index is 349. The van der Waals surface area contributed by atoms with Crippen LogP contribution in [0, 0.1) is 5.92 Å². The van der Waals surface area contributed by atoms with Gasteiger partial charge in [0.1, 0.15) is 0 Å². The van der Waals surface area contributed by atoms with Gasteiger partial charge in [-0.05, 0) is 37.9 Å². The molecule has 1 aliphatic carbocycles. The van der Waals surface area contributed by atoms with Gasteiger partial charge in [-0.25, -0.2) is 0 Å². The third-order valence-corrected chi connectivity index (χ3v) is 3.27. The summed E-state index contributed by atoms with van der Waals surface area (Å²) in [5.74, 6) is 0.856. The van der Waals surface area contributed by atoms with E-state index in [0.29, 0.717) is 0 Å². The molecule has 18 heavy (non-hydrogen) atoms. The summed E-state index contributed by atoms with van der Waals surface area (Å²) in [6, 6.07) is 3.90. The molecule has 0 aliphatic heterocycles. The summed E-state index contributed by atoms with van der Waals surface area (Å²) in [4.78, 5) is 6.58. The molecule has 4 heteroatoms. The van der Waals surface area contributed by atoms with Crippen LogP contribution in [0.4, 0.5) is 5.69 Å². The molecule has 1 fully saturated rings. The quantitative estimate of drug-likeness (QED) is 0.710. The van der Waals surface area contributed by atoms with Gasteiger partial charge >= 0.3 is 0 Å². The van der Waals surface area contributed by atoms with Crippen molar-refractivity contribution in [3.8, 4) is 0 Å². The van der Waals surface area contributed by atoms with Crippen LogP contribution in [-0.4, -0.2) is 43.2 Å². The predicted molar refractivity (Wildman–Crippen MR) is 73.4 cm³/mol. The summed E-state index contributed by atoms with van der Waals surface area (Å²) < 4.78 is 5.62. The van der Waals surface area contributed by atoms with Crippen molar-refractivity contribution in [1.29, 1.82) is 0 Å². The lowest BCUT2D eigenvalue weighted by Gasteiger charge is -2.16. The zero-order chi connectivity index (χ0) is 12.8. The average molecular weight is 249 g/mol. The molecule has 0 amide bonds. The number of nitrogens with zero attached hydrogens (tertiary/aromatic N) is 2. The number of ether oxygens (including phenoxy) is 1. The lowest BCUT2D eigenvalue weighted by molar-refractivity contribution is 0.104. The number of hydrogen-bond acceptors (Lipinski definition) is 4. The van der Waals surface area contributed by atoms with E-state index in [1.54, 1.807) is 6.20 Å². The van der Waals surface area contributed by atoms with Crippen molar-refractivity contribution >= 4 is 5.69 Å². The van der Waals surface area contributed by atoms with E-state index in [-0.39, 0.29) is 0 Å². The third-order valence-electron chi connectivity index (χ3n) is 3.27. The van der Waals surface area contributed by atoms with Crippen LogP contribution < -0.4 is 5.73 Å². The fourth-order valence-electron chi connectivity index (χ4n) is 1.76. The lowest BCUT2D eigenvalue weighted by Crippen LogP contribution is -2.26. The maximum absolute atomic E-state index is 5.62. The SMILES string of the molecule is CN(CCOCC1CC1)CCc1ccc(N)cn1. The molecular weight excluding hydrogens is 226 g/mol. The second-order valence-electron chi connectivity index (χ2n) is 5.15. The monoisotopic (exact) mass is 249 g/mol. The Morgan fingerprint density at radius 2 is 2.22 bits per heavy atom. The minimum absolute atomic E-state index is 0.723. The zero-order valence-electron chi connectivity index (χ0n) is 11.1. The fraction of sp³-hybridized carbons (Fsp3) is 0.643. The molecule has 100 valence electrons. The summed E-state index contributed by atoms with van der Waals surface area (Å²) in [6.45, 7) is 3.78. The van der Waals surface area contributed by atoms with E-state index < -0.39 is 0 Å². The first-order valence-electron chi connectivity index (χ1n) is 6.71. The van der Waals surface area contributed by atoms with Crippen molar-refractivity contribution in [2.75, 3.05) is 39.1 Å². The summed E-state index contributed by atoms with van der Waals surface area (Å²) in [7, 11) is 2.12. The van der Waals surface area contributed by atoms with Crippen molar-refractivity contribution in [3.05, 3.63) is 24.0 Å². The van der Waals surface area contributed by atoms with E-state index in [4.69, 9.17) is 10.5 Å². The van der Waals surface area contributed by atoms with Crippen molar-refractivity contribution in [2.45, 2.75) is 19.3 Å². The van der Waals surface area contributed by atoms with Gasteiger partial charge in [-0.2, -0.15) is 0 Å². The largest absolute Gasteiger partial charge is 0.397 e. The van der Waals surface area contributed by atoms with E-state index in [9.17, 15) is 0 Å². The molecule has 1 heterocycles. The summed E-state index contributed by atoms with van der Waals surface area (Å²) in [5.41, 5.74) is 7.42. The Hall–Kier alpha value is -1.13. The molecule has 1 saturated carbocycles. The normalized spacial score (nSPS) is 15.2. The van der Waals surface area contributed by atoms with Crippen molar-refractivity contribution in [2.24, 2.45) is 5.92 Å². The highest BCUT2D eigenvalue weighted by Crippen LogP contribution is 2.28. The molecule has 0 bridgehead atoms. The first-order valence-corrected chi connectivity index (χ1v) is 6.71. The molecule has 0 saturated heterocycles. The molecule has 2 N–H and O–H groups in total. The first-order chi connectivity index (χ1) is 8.74. The fourth-order valence-corrected chi connectivity index (χ4v) is 1.76. The summed E-state index contributed by atoms with van der Waals surface area (Å²) >= 11 is 0. The highest BCUT2D eigenvalue weighted by molar-refractivity contribution is 5.34. The predicted octanol–water partition coefficient (Wildman–Crippen LogP) is 1.56. The van der Waals surface area contributed by atoms with E-state index in [0.717, 1.165) is 50.0 Å². The Labute approximate surface area is 109 Å². The second-order valence-corrected chi connectivity index (χ2v) is 5.15. The molecule has 0 aromatic carbocycles. The topological polar surface area (TPSA) is 51.4 Å². The maximum atomic E-state index is 5.62. The van der Waals surface area contributed by atoms with Gasteiger partial charge in [0.25, 0.3) is 0 Å². The maximum Gasteiger partial charge on any atom is 0.0593 e. The van der Waals surface area contributed by atoms with Crippen molar-refractivity contribution < 1.29 is 4.74 Å². The Kier molecular flexibility index (Phi) is 4.96. The van der Waals surface area contributed by atoms with Crippen LogP contribution in [0.1, 0.15) is 18.5 Å². The van der Waals surface area contributed by atoms with Gasteiger partial charge in [0.2, 0.25) is 0 Å². The van der Waals surface area contributed by atoms with Gasteiger partial charge in [-0.15, -0.1) is 0 Å². The van der Waals surface area contributed by atoms with Crippen LogP contribution in [0.3, 0.4) is 0 Å². The number of anilines is 1. The van der Waals surface area contributed by atoms with Crippen LogP contribution in [0.5, 0.6) is 0 Å². The van der Waals surface area contributed by atoms with Crippen LogP contribution >= 0.6 is 0 Å². The molecule has 4 nitrogen and oxygen atoms in total. The first kappa shape index (κ1) is 13.3. The molecule has 0 atom stereocenters. The minimum Gasteiger partial charge on any atom is -0.397 e. The number of nitrogen functional groups attached to an aromatic ring is 1. The molecule has 0 spiro atoms. The van der Waals surface area contributed by atoms with Gasteiger partial charge in [0, 0.05) is 31.8 Å². The number of pyridine rings is 1. The Morgan fingerprint density at radius 3 is 2.89 bits per heavy atom. The smallest absolute Gasteiger partial charge is 0.0593 e. The van der Waals surface area contributed by atoms with Gasteiger partial charge in [0.05, 0.1) is 18.5 Å². The Morgan fingerprint density at radius 1 is 1.39 bits per heavy atom.